The van der Waals surface area contributed by atoms with E-state index < -0.39 is 0 Å². The summed E-state index contributed by atoms with van der Waals surface area (Å²) >= 11 is 1.55. The summed E-state index contributed by atoms with van der Waals surface area (Å²) in [6.45, 7) is 17.2. The number of benzene rings is 2. The minimum absolute atomic E-state index is 0. The van der Waals surface area contributed by atoms with Crippen LogP contribution in [0.1, 0.15) is 58.4 Å². The summed E-state index contributed by atoms with van der Waals surface area (Å²) < 4.78 is 1.51. The van der Waals surface area contributed by atoms with E-state index in [4.69, 9.17) is 0 Å². The Morgan fingerprint density at radius 2 is 1.33 bits per heavy atom. The maximum absolute atomic E-state index is 3.45. The Morgan fingerprint density at radius 1 is 0.833 bits per heavy atom. The van der Waals surface area contributed by atoms with Crippen LogP contribution in [0.4, 0.5) is 0 Å². The zero-order valence-corrected chi connectivity index (χ0v) is 23.4. The summed E-state index contributed by atoms with van der Waals surface area (Å²) in [7, 11) is 0. The molecule has 0 saturated heterocycles. The number of hydrogen-bond acceptors (Lipinski definition) is 0. The fraction of sp³-hybridized carbons (Fsp3) is 0.333. The van der Waals surface area contributed by atoms with Gasteiger partial charge in [-0.15, -0.1) is 11.1 Å². The number of fused-ring (bicyclic) bond motifs is 3. The molecular formula is C27H32Cl2Zr-2. The van der Waals surface area contributed by atoms with Gasteiger partial charge in [-0.3, -0.25) is 0 Å². The first-order chi connectivity index (χ1) is 13.1. The van der Waals surface area contributed by atoms with E-state index >= 15 is 0 Å². The smallest absolute Gasteiger partial charge is 0.0253 e. The first-order valence-corrected chi connectivity index (χ1v) is 11.2. The van der Waals surface area contributed by atoms with Crippen molar-refractivity contribution >= 4 is 3.21 Å². The van der Waals surface area contributed by atoms with Crippen LogP contribution in [0.2, 0.25) is 0 Å². The van der Waals surface area contributed by atoms with Gasteiger partial charge in [0.2, 0.25) is 0 Å². The van der Waals surface area contributed by atoms with Crippen molar-refractivity contribution in [3.8, 4) is 11.1 Å². The van der Waals surface area contributed by atoms with Crippen LogP contribution in [-0.2, 0) is 30.7 Å². The summed E-state index contributed by atoms with van der Waals surface area (Å²) in [5.41, 5.74) is 13.9. The summed E-state index contributed by atoms with van der Waals surface area (Å²) in [6, 6.07) is 16.8. The molecule has 3 aromatic carbocycles. The first kappa shape index (κ1) is 29.1. The SMILES string of the molecule is C[C](C)=[Zr+2].Cc1[c-]c2c(cc1)-c1ccc(C)cc1C2.Cc1[cH-]c(C)c(C)c1C.[Cl-].[Cl-]. The van der Waals surface area contributed by atoms with Gasteiger partial charge in [0.15, 0.2) is 0 Å². The average Bonchev–Trinajstić information content (AvgIpc) is 3.06. The van der Waals surface area contributed by atoms with Crippen molar-refractivity contribution in [1.29, 1.82) is 0 Å². The molecule has 0 aliphatic heterocycles. The van der Waals surface area contributed by atoms with Crippen LogP contribution in [0.5, 0.6) is 0 Å². The molecule has 3 heteroatoms. The van der Waals surface area contributed by atoms with E-state index in [0.29, 0.717) is 0 Å². The van der Waals surface area contributed by atoms with Crippen molar-refractivity contribution in [2.45, 2.75) is 61.8 Å². The number of aryl methyl sites for hydroxylation is 4. The molecule has 0 spiro atoms. The second-order valence-electron chi connectivity index (χ2n) is 8.13. The zero-order chi connectivity index (χ0) is 21.0. The first-order valence-electron chi connectivity index (χ1n) is 9.93. The Balaban J connectivity index is 0.000000486. The number of halogens is 2. The average molecular weight is 519 g/mol. The predicted octanol–water partition coefficient (Wildman–Crippen LogP) is 1.07. The van der Waals surface area contributed by atoms with Gasteiger partial charge in [0.1, 0.15) is 0 Å². The van der Waals surface area contributed by atoms with Crippen molar-refractivity contribution in [3.05, 3.63) is 87.0 Å². The molecule has 3 aromatic rings. The molecule has 0 nitrogen and oxygen atoms in total. The van der Waals surface area contributed by atoms with Crippen LogP contribution >= 0.6 is 0 Å². The monoisotopic (exact) mass is 516 g/mol. The summed E-state index contributed by atoms with van der Waals surface area (Å²) in [4.78, 5) is 0. The van der Waals surface area contributed by atoms with Crippen LogP contribution in [0, 0.1) is 47.6 Å². The van der Waals surface area contributed by atoms with Crippen molar-refractivity contribution in [2.24, 2.45) is 0 Å². The molecule has 0 heterocycles. The third-order valence-electron chi connectivity index (χ3n) is 5.27. The summed E-state index contributed by atoms with van der Waals surface area (Å²) in [6.07, 6.45) is 1.05. The molecule has 0 aromatic heterocycles. The molecule has 0 amide bonds. The molecule has 0 fully saturated rings. The zero-order valence-electron chi connectivity index (χ0n) is 19.4. The summed E-state index contributed by atoms with van der Waals surface area (Å²) in [5, 5.41) is 0. The van der Waals surface area contributed by atoms with E-state index in [1.165, 1.54) is 58.8 Å². The molecule has 0 atom stereocenters. The minimum atomic E-state index is 0. The van der Waals surface area contributed by atoms with Gasteiger partial charge in [-0.1, -0.05) is 63.9 Å². The van der Waals surface area contributed by atoms with Crippen LogP contribution in [0.25, 0.3) is 11.1 Å². The van der Waals surface area contributed by atoms with E-state index in [1.807, 2.05) is 0 Å². The van der Waals surface area contributed by atoms with Crippen molar-refractivity contribution in [3.63, 3.8) is 0 Å². The molecule has 0 saturated carbocycles. The topological polar surface area (TPSA) is 0 Å². The Kier molecular flexibility index (Phi) is 12.5. The largest absolute Gasteiger partial charge is 1.00 e. The van der Waals surface area contributed by atoms with E-state index in [0.717, 1.165) is 6.42 Å². The fourth-order valence-electron chi connectivity index (χ4n) is 3.50. The van der Waals surface area contributed by atoms with E-state index in [2.05, 4.69) is 97.9 Å². The summed E-state index contributed by atoms with van der Waals surface area (Å²) in [5.74, 6) is 0. The maximum Gasteiger partial charge on any atom is -0.0253 e. The van der Waals surface area contributed by atoms with Crippen molar-refractivity contribution in [2.75, 3.05) is 0 Å². The van der Waals surface area contributed by atoms with E-state index in [-0.39, 0.29) is 24.8 Å². The second kappa shape index (κ2) is 12.9. The molecule has 0 bridgehead atoms. The molecule has 1 aliphatic carbocycles. The Morgan fingerprint density at radius 3 is 1.80 bits per heavy atom. The molecule has 0 unspecified atom stereocenters. The third kappa shape index (κ3) is 7.67. The van der Waals surface area contributed by atoms with Crippen LogP contribution in [-0.4, -0.2) is 3.21 Å². The normalized spacial score (nSPS) is 10.2. The van der Waals surface area contributed by atoms with E-state index in [1.54, 1.807) is 24.2 Å². The van der Waals surface area contributed by atoms with Crippen LogP contribution < -0.4 is 24.8 Å². The molecule has 4 rings (SSSR count). The third-order valence-corrected chi connectivity index (χ3v) is 5.27. The number of hydrogen-bond donors (Lipinski definition) is 0. The van der Waals surface area contributed by atoms with E-state index in [9.17, 15) is 0 Å². The Hall–Kier alpha value is -0.877. The molecular weight excluding hydrogens is 486 g/mol. The van der Waals surface area contributed by atoms with Crippen LogP contribution in [0.15, 0.2) is 36.4 Å². The van der Waals surface area contributed by atoms with Gasteiger partial charge >= 0.3 is 41.3 Å². The molecule has 30 heavy (non-hydrogen) atoms. The van der Waals surface area contributed by atoms with Gasteiger partial charge in [0.25, 0.3) is 0 Å². The van der Waals surface area contributed by atoms with Crippen LogP contribution in [0.3, 0.4) is 0 Å². The molecule has 160 valence electrons. The predicted molar refractivity (Wildman–Crippen MR) is 120 cm³/mol. The van der Waals surface area contributed by atoms with Gasteiger partial charge in [-0.05, 0) is 18.9 Å². The van der Waals surface area contributed by atoms with Crippen molar-refractivity contribution < 1.29 is 49.0 Å². The van der Waals surface area contributed by atoms with Gasteiger partial charge in [0, 0.05) is 0 Å². The molecule has 1 aliphatic rings. The van der Waals surface area contributed by atoms with Gasteiger partial charge in [-0.25, -0.2) is 0 Å². The Labute approximate surface area is 211 Å². The second-order valence-corrected chi connectivity index (χ2v) is 10.6. The minimum Gasteiger partial charge on any atom is -1.00 e. The molecule has 0 N–H and O–H groups in total. The van der Waals surface area contributed by atoms with Gasteiger partial charge in [0.05, 0.1) is 0 Å². The molecule has 0 radical (unpaired) electrons. The van der Waals surface area contributed by atoms with Gasteiger partial charge < -0.3 is 24.8 Å². The van der Waals surface area contributed by atoms with Gasteiger partial charge in [-0.2, -0.15) is 52.1 Å². The number of rotatable bonds is 0. The maximum atomic E-state index is 3.45. The Bertz CT molecular complexity index is 920. The standard InChI is InChI=1S/C15H13.C9H13.C3H6.2ClH.Zr/c1-10-3-5-14-12(7-10)9-13-8-11(2)4-6-15(13)14;1-6-5-7(2)9(4)8(6)3;1-3-2;;;/h3-7H,9H2,1-2H3;5H,1-4H3;1-2H3;2*1H;/q2*-1;;;;+2/p-2. The quantitative estimate of drug-likeness (QED) is 0.306. The fourth-order valence-corrected chi connectivity index (χ4v) is 3.50. The van der Waals surface area contributed by atoms with Crippen molar-refractivity contribution in [1.82, 2.24) is 0 Å².